The van der Waals surface area contributed by atoms with Gasteiger partial charge < -0.3 is 4.90 Å². The predicted octanol–water partition coefficient (Wildman–Crippen LogP) is 3.63. The molecule has 1 aromatic carbocycles. The molecular weight excluding hydrogens is 316 g/mol. The van der Waals surface area contributed by atoms with Crippen LogP contribution < -0.4 is 4.90 Å². The normalized spacial score (nSPS) is 16.0. The van der Waals surface area contributed by atoms with Crippen LogP contribution in [0.4, 0.5) is 5.82 Å². The maximum absolute atomic E-state index is 4.75. The van der Waals surface area contributed by atoms with Crippen LogP contribution in [0.3, 0.4) is 0 Å². The van der Waals surface area contributed by atoms with Crippen LogP contribution in [0.5, 0.6) is 0 Å². The first-order valence-corrected chi connectivity index (χ1v) is 9.27. The van der Waals surface area contributed by atoms with E-state index >= 15 is 0 Å². The number of anilines is 1. The Bertz CT molecular complexity index is 835. The summed E-state index contributed by atoms with van der Waals surface area (Å²) in [5, 5.41) is 1.21. The zero-order valence-electron chi connectivity index (χ0n) is 14.2. The van der Waals surface area contributed by atoms with Gasteiger partial charge in [-0.1, -0.05) is 30.3 Å². The van der Waals surface area contributed by atoms with Gasteiger partial charge in [-0.05, 0) is 25.5 Å². The molecule has 4 nitrogen and oxygen atoms in total. The molecule has 0 amide bonds. The topological polar surface area (TPSA) is 32.3 Å². The lowest BCUT2D eigenvalue weighted by atomic mass is 10.2. The number of fused-ring (bicyclic) bond motifs is 1. The second-order valence-corrected chi connectivity index (χ2v) is 7.65. The van der Waals surface area contributed by atoms with E-state index in [9.17, 15) is 0 Å². The van der Waals surface area contributed by atoms with Crippen LogP contribution >= 0.6 is 11.3 Å². The van der Waals surface area contributed by atoms with Crippen molar-refractivity contribution in [3.63, 3.8) is 0 Å². The molecule has 3 aromatic rings. The molecule has 0 aliphatic carbocycles. The summed E-state index contributed by atoms with van der Waals surface area (Å²) in [6.45, 7) is 9.35. The lowest BCUT2D eigenvalue weighted by Gasteiger charge is -2.35. The monoisotopic (exact) mass is 338 g/mol. The quantitative estimate of drug-likeness (QED) is 0.730. The van der Waals surface area contributed by atoms with Crippen LogP contribution in [0.15, 0.2) is 36.4 Å². The summed E-state index contributed by atoms with van der Waals surface area (Å²) in [6.07, 6.45) is 0. The van der Waals surface area contributed by atoms with E-state index in [-0.39, 0.29) is 0 Å². The first kappa shape index (κ1) is 15.5. The van der Waals surface area contributed by atoms with E-state index in [0.717, 1.165) is 49.2 Å². The van der Waals surface area contributed by atoms with Gasteiger partial charge in [-0.25, -0.2) is 9.97 Å². The van der Waals surface area contributed by atoms with E-state index in [4.69, 9.17) is 4.98 Å². The lowest BCUT2D eigenvalue weighted by molar-refractivity contribution is 0.249. The van der Waals surface area contributed by atoms with E-state index in [0.29, 0.717) is 0 Å². The number of piperazine rings is 1. The largest absolute Gasteiger partial charge is 0.353 e. The van der Waals surface area contributed by atoms with Gasteiger partial charge in [-0.15, -0.1) is 11.3 Å². The van der Waals surface area contributed by atoms with Crippen molar-refractivity contribution in [2.75, 3.05) is 31.1 Å². The first-order valence-electron chi connectivity index (χ1n) is 8.45. The van der Waals surface area contributed by atoms with E-state index in [1.54, 1.807) is 11.3 Å². The lowest BCUT2D eigenvalue weighted by Crippen LogP contribution is -2.46. The molecule has 3 heterocycles. The Morgan fingerprint density at radius 2 is 1.75 bits per heavy atom. The van der Waals surface area contributed by atoms with Gasteiger partial charge in [-0.3, -0.25) is 4.90 Å². The summed E-state index contributed by atoms with van der Waals surface area (Å²) in [7, 11) is 0. The van der Waals surface area contributed by atoms with Gasteiger partial charge in [-0.2, -0.15) is 0 Å². The molecule has 24 heavy (non-hydrogen) atoms. The number of rotatable bonds is 3. The minimum Gasteiger partial charge on any atom is -0.353 e. The Balaban J connectivity index is 1.50. The zero-order chi connectivity index (χ0) is 16.5. The molecule has 1 saturated heterocycles. The Morgan fingerprint density at radius 1 is 1.00 bits per heavy atom. The Hall–Kier alpha value is -1.98. The van der Waals surface area contributed by atoms with Crippen molar-refractivity contribution in [2.24, 2.45) is 0 Å². The van der Waals surface area contributed by atoms with Crippen molar-refractivity contribution in [3.8, 4) is 0 Å². The highest BCUT2D eigenvalue weighted by atomic mass is 32.1. The Kier molecular flexibility index (Phi) is 4.21. The maximum Gasteiger partial charge on any atom is 0.141 e. The summed E-state index contributed by atoms with van der Waals surface area (Å²) < 4.78 is 0. The van der Waals surface area contributed by atoms with E-state index in [2.05, 4.69) is 58.1 Å². The Morgan fingerprint density at radius 3 is 2.50 bits per heavy atom. The maximum atomic E-state index is 4.75. The third-order valence-corrected chi connectivity index (χ3v) is 5.47. The molecule has 1 fully saturated rings. The van der Waals surface area contributed by atoms with Crippen molar-refractivity contribution in [1.82, 2.24) is 14.9 Å². The fourth-order valence-electron chi connectivity index (χ4n) is 3.33. The van der Waals surface area contributed by atoms with Gasteiger partial charge in [0.2, 0.25) is 0 Å². The van der Waals surface area contributed by atoms with Gasteiger partial charge in [0.1, 0.15) is 16.5 Å². The number of benzene rings is 1. The highest BCUT2D eigenvalue weighted by molar-refractivity contribution is 7.18. The van der Waals surface area contributed by atoms with Crippen molar-refractivity contribution in [3.05, 3.63) is 52.7 Å². The second kappa shape index (κ2) is 6.49. The standard InChI is InChI=1S/C19H22N4S/c1-14-12-17-18(20-15(2)21-19(17)24-14)23-10-8-22(9-11-23)13-16-6-4-3-5-7-16/h3-7,12H,8-11,13H2,1-2H3. The molecule has 0 saturated carbocycles. The molecule has 0 radical (unpaired) electrons. The predicted molar refractivity (Wildman–Crippen MR) is 101 cm³/mol. The third-order valence-electron chi connectivity index (χ3n) is 4.53. The molecule has 0 unspecified atom stereocenters. The summed E-state index contributed by atoms with van der Waals surface area (Å²) in [5.41, 5.74) is 1.39. The van der Waals surface area contributed by atoms with Gasteiger partial charge in [0, 0.05) is 37.6 Å². The molecular formula is C19H22N4S. The van der Waals surface area contributed by atoms with Crippen molar-refractivity contribution < 1.29 is 0 Å². The van der Waals surface area contributed by atoms with Crippen LogP contribution in [-0.4, -0.2) is 41.0 Å². The van der Waals surface area contributed by atoms with Crippen molar-refractivity contribution >= 4 is 27.4 Å². The number of nitrogens with zero attached hydrogens (tertiary/aromatic N) is 4. The molecule has 2 aromatic heterocycles. The zero-order valence-corrected chi connectivity index (χ0v) is 15.0. The SMILES string of the molecule is Cc1nc(N2CCN(Cc3ccccc3)CC2)c2cc(C)sc2n1. The molecule has 0 N–H and O–H groups in total. The summed E-state index contributed by atoms with van der Waals surface area (Å²) >= 11 is 1.76. The third kappa shape index (κ3) is 3.14. The summed E-state index contributed by atoms with van der Waals surface area (Å²) in [5.74, 6) is 1.98. The Labute approximate surface area is 146 Å². The molecule has 0 bridgehead atoms. The van der Waals surface area contributed by atoms with E-state index < -0.39 is 0 Å². The smallest absolute Gasteiger partial charge is 0.141 e. The number of aromatic nitrogens is 2. The van der Waals surface area contributed by atoms with Gasteiger partial charge in [0.05, 0.1) is 5.39 Å². The van der Waals surface area contributed by atoms with E-state index in [1.165, 1.54) is 15.8 Å². The highest BCUT2D eigenvalue weighted by Crippen LogP contribution is 2.31. The van der Waals surface area contributed by atoms with Crippen LogP contribution in [0, 0.1) is 13.8 Å². The average Bonchev–Trinajstić information content (AvgIpc) is 2.96. The summed E-state index contributed by atoms with van der Waals surface area (Å²) in [4.78, 5) is 16.7. The second-order valence-electron chi connectivity index (χ2n) is 6.42. The highest BCUT2D eigenvalue weighted by Gasteiger charge is 2.21. The molecule has 1 aliphatic rings. The van der Waals surface area contributed by atoms with Crippen LogP contribution in [0.2, 0.25) is 0 Å². The first-order chi connectivity index (χ1) is 11.7. The van der Waals surface area contributed by atoms with Crippen LogP contribution in [-0.2, 0) is 6.54 Å². The van der Waals surface area contributed by atoms with Crippen molar-refractivity contribution in [2.45, 2.75) is 20.4 Å². The van der Waals surface area contributed by atoms with Crippen LogP contribution in [0.1, 0.15) is 16.3 Å². The molecule has 0 atom stereocenters. The number of aryl methyl sites for hydroxylation is 2. The van der Waals surface area contributed by atoms with Gasteiger partial charge >= 0.3 is 0 Å². The minimum absolute atomic E-state index is 0.867. The summed E-state index contributed by atoms with van der Waals surface area (Å²) in [6, 6.07) is 12.9. The molecule has 1 aliphatic heterocycles. The number of hydrogen-bond donors (Lipinski definition) is 0. The minimum atomic E-state index is 0.867. The molecule has 124 valence electrons. The van der Waals surface area contributed by atoms with Gasteiger partial charge in [0.25, 0.3) is 0 Å². The molecule has 4 rings (SSSR count). The average molecular weight is 338 g/mol. The van der Waals surface area contributed by atoms with E-state index in [1.807, 2.05) is 6.92 Å². The fraction of sp³-hybridized carbons (Fsp3) is 0.368. The van der Waals surface area contributed by atoms with Crippen molar-refractivity contribution in [1.29, 1.82) is 0 Å². The van der Waals surface area contributed by atoms with Gasteiger partial charge in [0.15, 0.2) is 0 Å². The molecule has 5 heteroatoms. The number of thiophene rings is 1. The number of hydrogen-bond acceptors (Lipinski definition) is 5. The molecule has 0 spiro atoms. The van der Waals surface area contributed by atoms with Crippen LogP contribution in [0.25, 0.3) is 10.2 Å². The fourth-order valence-corrected chi connectivity index (χ4v) is 4.25.